The third kappa shape index (κ3) is 5.04. The van der Waals surface area contributed by atoms with Crippen LogP contribution in [-0.2, 0) is 9.53 Å². The number of primary amides is 1. The van der Waals surface area contributed by atoms with E-state index in [1.807, 2.05) is 0 Å². The zero-order valence-corrected chi connectivity index (χ0v) is 13.9. The summed E-state index contributed by atoms with van der Waals surface area (Å²) in [5.74, 6) is -2.23. The average molecular weight is 361 g/mol. The van der Waals surface area contributed by atoms with E-state index in [9.17, 15) is 18.8 Å². The molecule has 0 unspecified atom stereocenters. The lowest BCUT2D eigenvalue weighted by atomic mass is 10.1. The van der Waals surface area contributed by atoms with Gasteiger partial charge in [0.1, 0.15) is 5.75 Å². The number of halogens is 1. The zero-order valence-electron chi connectivity index (χ0n) is 13.9. The number of benzene rings is 2. The zero-order chi connectivity index (χ0) is 19.1. The Kier molecular flexibility index (Phi) is 6.26. The molecule has 0 aliphatic heterocycles. The molecule has 0 atom stereocenters. The molecule has 0 aliphatic rings. The molecule has 2 aromatic rings. The van der Waals surface area contributed by atoms with Gasteiger partial charge in [-0.25, -0.2) is 9.18 Å². The van der Waals surface area contributed by atoms with Crippen LogP contribution in [0.2, 0.25) is 0 Å². The van der Waals surface area contributed by atoms with Gasteiger partial charge in [0.25, 0.3) is 5.91 Å². The summed E-state index contributed by atoms with van der Waals surface area (Å²) >= 11 is 0. The fraction of sp³-hybridized carbons (Fsp3) is 0.167. The summed E-state index contributed by atoms with van der Waals surface area (Å²) in [6.07, 6.45) is 0. The lowest BCUT2D eigenvalue weighted by Gasteiger charge is -2.07. The molecule has 136 valence electrons. The summed E-state index contributed by atoms with van der Waals surface area (Å²) in [6.45, 7) is -0.818. The number of methoxy groups -OCH3 is 1. The van der Waals surface area contributed by atoms with E-state index in [0.717, 1.165) is 6.07 Å². The number of hydrogen-bond acceptors (Lipinski definition) is 6. The Bertz CT molecular complexity index is 819. The van der Waals surface area contributed by atoms with Crippen molar-refractivity contribution in [2.75, 3.05) is 20.3 Å². The smallest absolute Gasteiger partial charge is 0.338 e. The summed E-state index contributed by atoms with van der Waals surface area (Å²) in [5.41, 5.74) is 5.21. The SMILES string of the molecule is COc1ccc(C(=O)COC(=O)c2ccc(OCC(N)=O)cc2)cc1F. The Morgan fingerprint density at radius 1 is 1.00 bits per heavy atom. The average Bonchev–Trinajstić information content (AvgIpc) is 2.64. The molecule has 0 saturated carbocycles. The minimum atomic E-state index is -0.728. The van der Waals surface area contributed by atoms with Gasteiger partial charge in [0.2, 0.25) is 0 Å². The number of ether oxygens (including phenoxy) is 3. The largest absolute Gasteiger partial charge is 0.494 e. The number of hydrogen-bond donors (Lipinski definition) is 1. The molecular weight excluding hydrogens is 345 g/mol. The van der Waals surface area contributed by atoms with Gasteiger partial charge in [-0.15, -0.1) is 0 Å². The van der Waals surface area contributed by atoms with Crippen molar-refractivity contribution in [2.45, 2.75) is 0 Å². The Morgan fingerprint density at radius 3 is 2.23 bits per heavy atom. The van der Waals surface area contributed by atoms with Crippen molar-refractivity contribution in [1.82, 2.24) is 0 Å². The highest BCUT2D eigenvalue weighted by Gasteiger charge is 2.14. The van der Waals surface area contributed by atoms with Gasteiger partial charge in [-0.3, -0.25) is 9.59 Å². The van der Waals surface area contributed by atoms with Crippen molar-refractivity contribution in [1.29, 1.82) is 0 Å². The summed E-state index contributed by atoms with van der Waals surface area (Å²) in [4.78, 5) is 34.6. The van der Waals surface area contributed by atoms with Gasteiger partial charge in [-0.2, -0.15) is 0 Å². The van der Waals surface area contributed by atoms with Gasteiger partial charge >= 0.3 is 5.97 Å². The van der Waals surface area contributed by atoms with Crippen LogP contribution in [0.15, 0.2) is 42.5 Å². The van der Waals surface area contributed by atoms with Crippen molar-refractivity contribution in [2.24, 2.45) is 5.73 Å². The summed E-state index contributed by atoms with van der Waals surface area (Å²) in [5, 5.41) is 0. The van der Waals surface area contributed by atoms with Gasteiger partial charge in [-0.05, 0) is 42.5 Å². The Labute approximate surface area is 148 Å². The maximum absolute atomic E-state index is 13.6. The topological polar surface area (TPSA) is 105 Å². The first kappa shape index (κ1) is 18.9. The van der Waals surface area contributed by atoms with E-state index in [4.69, 9.17) is 19.9 Å². The van der Waals surface area contributed by atoms with Crippen LogP contribution in [0, 0.1) is 5.82 Å². The van der Waals surface area contributed by atoms with Gasteiger partial charge in [0.15, 0.2) is 30.6 Å². The molecule has 1 amide bonds. The number of carbonyl (C=O) groups is 3. The molecule has 0 aliphatic carbocycles. The summed E-state index contributed by atoms with van der Waals surface area (Å²) < 4.78 is 28.4. The van der Waals surface area contributed by atoms with Crippen LogP contribution in [0.4, 0.5) is 4.39 Å². The van der Waals surface area contributed by atoms with Gasteiger partial charge in [0, 0.05) is 5.56 Å². The minimum Gasteiger partial charge on any atom is -0.494 e. The standard InChI is InChI=1S/C18H16FNO6/c1-24-16-7-4-12(8-14(16)19)15(21)9-26-18(23)11-2-5-13(6-3-11)25-10-17(20)22/h2-8H,9-10H2,1H3,(H2,20,22). The third-order valence-corrected chi connectivity index (χ3v) is 3.28. The highest BCUT2D eigenvalue weighted by Crippen LogP contribution is 2.18. The highest BCUT2D eigenvalue weighted by molar-refractivity contribution is 5.99. The van der Waals surface area contributed by atoms with Gasteiger partial charge in [-0.1, -0.05) is 0 Å². The van der Waals surface area contributed by atoms with Crippen molar-refractivity contribution < 1.29 is 33.0 Å². The number of nitrogens with two attached hydrogens (primary N) is 1. The van der Waals surface area contributed by atoms with Crippen molar-refractivity contribution in [3.63, 3.8) is 0 Å². The fourth-order valence-electron chi connectivity index (χ4n) is 1.98. The van der Waals surface area contributed by atoms with E-state index in [-0.39, 0.29) is 23.5 Å². The van der Waals surface area contributed by atoms with Crippen LogP contribution in [0.3, 0.4) is 0 Å². The molecule has 0 aromatic heterocycles. The predicted molar refractivity (Wildman–Crippen MR) is 88.7 cm³/mol. The lowest BCUT2D eigenvalue weighted by molar-refractivity contribution is -0.119. The molecule has 0 bridgehead atoms. The van der Waals surface area contributed by atoms with Crippen LogP contribution in [-0.4, -0.2) is 38.0 Å². The minimum absolute atomic E-state index is 0.0113. The predicted octanol–water partition coefficient (Wildman–Crippen LogP) is 1.74. The molecule has 0 spiro atoms. The lowest BCUT2D eigenvalue weighted by Crippen LogP contribution is -2.20. The molecule has 0 radical (unpaired) electrons. The van der Waals surface area contributed by atoms with Crippen LogP contribution in [0.25, 0.3) is 0 Å². The summed E-state index contributed by atoms with van der Waals surface area (Å²) in [7, 11) is 1.31. The number of amides is 1. The molecule has 0 fully saturated rings. The van der Waals surface area contributed by atoms with Gasteiger partial charge < -0.3 is 19.9 Å². The van der Waals surface area contributed by atoms with E-state index >= 15 is 0 Å². The second-order valence-corrected chi connectivity index (χ2v) is 5.13. The van der Waals surface area contributed by atoms with E-state index in [0.29, 0.717) is 5.75 Å². The number of ketones is 1. The maximum Gasteiger partial charge on any atom is 0.338 e. The van der Waals surface area contributed by atoms with Crippen molar-refractivity contribution >= 4 is 17.7 Å². The normalized spacial score (nSPS) is 10.1. The molecule has 0 heterocycles. The monoisotopic (exact) mass is 361 g/mol. The van der Waals surface area contributed by atoms with E-state index in [1.54, 1.807) is 0 Å². The first-order chi connectivity index (χ1) is 12.4. The van der Waals surface area contributed by atoms with Crippen molar-refractivity contribution in [3.8, 4) is 11.5 Å². The van der Waals surface area contributed by atoms with Crippen molar-refractivity contribution in [3.05, 3.63) is 59.4 Å². The summed E-state index contributed by atoms with van der Waals surface area (Å²) in [6, 6.07) is 9.45. The molecule has 7 nitrogen and oxygen atoms in total. The van der Waals surface area contributed by atoms with Crippen LogP contribution >= 0.6 is 0 Å². The van der Waals surface area contributed by atoms with E-state index in [2.05, 4.69) is 0 Å². The molecule has 0 saturated heterocycles. The Balaban J connectivity index is 1.92. The second kappa shape index (κ2) is 8.61. The molecule has 2 aromatic carbocycles. The van der Waals surface area contributed by atoms with Crippen LogP contribution in [0.1, 0.15) is 20.7 Å². The van der Waals surface area contributed by atoms with E-state index in [1.165, 1.54) is 43.5 Å². The first-order valence-corrected chi connectivity index (χ1v) is 7.45. The molecule has 2 rings (SSSR count). The quantitative estimate of drug-likeness (QED) is 0.567. The number of rotatable bonds is 8. The fourth-order valence-corrected chi connectivity index (χ4v) is 1.98. The number of esters is 1. The third-order valence-electron chi connectivity index (χ3n) is 3.28. The van der Waals surface area contributed by atoms with Gasteiger partial charge in [0.05, 0.1) is 12.7 Å². The van der Waals surface area contributed by atoms with E-state index < -0.39 is 30.1 Å². The number of carbonyl (C=O) groups excluding carboxylic acids is 3. The molecule has 2 N–H and O–H groups in total. The Hall–Kier alpha value is -3.42. The molecule has 8 heteroatoms. The number of Topliss-reactive ketones (excluding diaryl/α,β-unsaturated/α-hetero) is 1. The van der Waals surface area contributed by atoms with Crippen LogP contribution in [0.5, 0.6) is 11.5 Å². The molecular formula is C18H16FNO6. The molecule has 26 heavy (non-hydrogen) atoms. The first-order valence-electron chi connectivity index (χ1n) is 7.45. The van der Waals surface area contributed by atoms with Crippen LogP contribution < -0.4 is 15.2 Å². The second-order valence-electron chi connectivity index (χ2n) is 5.13. The Morgan fingerprint density at radius 2 is 1.65 bits per heavy atom. The maximum atomic E-state index is 13.6. The highest BCUT2D eigenvalue weighted by atomic mass is 19.1.